The molecule has 1 aromatic carbocycles. The van der Waals surface area contributed by atoms with Crippen LogP contribution in [0.25, 0.3) is 0 Å². The van der Waals surface area contributed by atoms with Crippen LogP contribution < -0.4 is 20.1 Å². The molecular weight excluding hydrogens is 483 g/mol. The number of piperidine rings is 1. The van der Waals surface area contributed by atoms with E-state index in [4.69, 9.17) is 14.5 Å². The Morgan fingerprint density at radius 2 is 1.86 bits per heavy atom. The summed E-state index contributed by atoms with van der Waals surface area (Å²) in [6.45, 7) is 6.82. The normalized spacial score (nSPS) is 24.2. The molecule has 4 rings (SSSR count). The molecule has 1 amide bonds. The van der Waals surface area contributed by atoms with E-state index in [1.807, 2.05) is 23.1 Å². The Kier molecular flexibility index (Phi) is 7.48. The standard InChI is InChI=1S/C21H30N4O3.HI/c1-14-12-18(14)24-21(22-16-6-8-25(9-7-16)15(2)26)23-17-4-5-19-20(13-17)28-11-3-10-27-19;/h4-5,13-14,16,18H,3,6-12H2,1-2H3,(H2,22,23,24);1H. The highest BCUT2D eigenvalue weighted by Crippen LogP contribution is 2.34. The highest BCUT2D eigenvalue weighted by atomic mass is 127. The maximum atomic E-state index is 11.5. The van der Waals surface area contributed by atoms with Gasteiger partial charge in [0.25, 0.3) is 0 Å². The van der Waals surface area contributed by atoms with Crippen LogP contribution in [0.3, 0.4) is 0 Å². The van der Waals surface area contributed by atoms with E-state index in [2.05, 4.69) is 17.6 Å². The van der Waals surface area contributed by atoms with Crippen LogP contribution in [0.1, 0.15) is 39.5 Å². The highest BCUT2D eigenvalue weighted by molar-refractivity contribution is 14.0. The highest BCUT2D eigenvalue weighted by Gasteiger charge is 2.33. The van der Waals surface area contributed by atoms with Crippen LogP contribution in [-0.2, 0) is 4.79 Å². The molecule has 2 N–H and O–H groups in total. The molecule has 0 spiro atoms. The molecule has 3 aliphatic rings. The van der Waals surface area contributed by atoms with E-state index in [9.17, 15) is 4.79 Å². The fraction of sp³-hybridized carbons (Fsp3) is 0.619. The Morgan fingerprint density at radius 3 is 2.52 bits per heavy atom. The van der Waals surface area contributed by atoms with Gasteiger partial charge >= 0.3 is 0 Å². The Balaban J connectivity index is 0.00000240. The lowest BCUT2D eigenvalue weighted by Crippen LogP contribution is -2.47. The molecule has 0 bridgehead atoms. The van der Waals surface area contributed by atoms with Gasteiger partial charge in [0.2, 0.25) is 5.91 Å². The minimum absolute atomic E-state index is 0. The molecule has 2 unspecified atom stereocenters. The number of carbonyl (C=O) groups is 1. The van der Waals surface area contributed by atoms with E-state index >= 15 is 0 Å². The number of aliphatic imine (C=N–C) groups is 1. The lowest BCUT2D eigenvalue weighted by molar-refractivity contribution is -0.129. The SMILES string of the molecule is CC(=O)N1CCC(NC(=NC2CC2C)Nc2ccc3c(c2)OCCCO3)CC1.I. The summed E-state index contributed by atoms with van der Waals surface area (Å²) in [6.07, 6.45) is 3.89. The van der Waals surface area contributed by atoms with Crippen LogP contribution in [0.15, 0.2) is 23.2 Å². The first-order valence-corrected chi connectivity index (χ1v) is 10.3. The Bertz CT molecular complexity index is 749. The fourth-order valence-corrected chi connectivity index (χ4v) is 3.66. The van der Waals surface area contributed by atoms with E-state index in [0.29, 0.717) is 31.2 Å². The van der Waals surface area contributed by atoms with Crippen molar-refractivity contribution in [2.75, 3.05) is 31.6 Å². The van der Waals surface area contributed by atoms with Crippen molar-refractivity contribution in [1.82, 2.24) is 10.2 Å². The van der Waals surface area contributed by atoms with E-state index in [1.165, 1.54) is 0 Å². The molecule has 0 aromatic heterocycles. The largest absolute Gasteiger partial charge is 0.490 e. The van der Waals surface area contributed by atoms with Gasteiger partial charge in [0, 0.05) is 44.2 Å². The molecule has 2 fully saturated rings. The molecule has 0 radical (unpaired) electrons. The summed E-state index contributed by atoms with van der Waals surface area (Å²) in [4.78, 5) is 18.3. The van der Waals surface area contributed by atoms with Gasteiger partial charge in [-0.05, 0) is 37.3 Å². The molecule has 1 aliphatic carbocycles. The van der Waals surface area contributed by atoms with Gasteiger partial charge < -0.3 is 25.0 Å². The second-order valence-electron chi connectivity index (χ2n) is 8.02. The van der Waals surface area contributed by atoms with Crippen molar-refractivity contribution in [3.8, 4) is 11.5 Å². The number of nitrogens with zero attached hydrogens (tertiary/aromatic N) is 2. The number of rotatable bonds is 3. The van der Waals surface area contributed by atoms with Crippen LogP contribution in [0.4, 0.5) is 5.69 Å². The summed E-state index contributed by atoms with van der Waals surface area (Å²) < 4.78 is 11.5. The van der Waals surface area contributed by atoms with Gasteiger partial charge in [-0.25, -0.2) is 4.99 Å². The zero-order valence-electron chi connectivity index (χ0n) is 17.1. The van der Waals surface area contributed by atoms with Gasteiger partial charge in [-0.3, -0.25) is 4.79 Å². The predicted octanol–water partition coefficient (Wildman–Crippen LogP) is 3.24. The zero-order valence-corrected chi connectivity index (χ0v) is 19.5. The van der Waals surface area contributed by atoms with Crippen molar-refractivity contribution in [3.63, 3.8) is 0 Å². The van der Waals surface area contributed by atoms with E-state index < -0.39 is 0 Å². The number of nitrogens with one attached hydrogen (secondary N) is 2. The van der Waals surface area contributed by atoms with Crippen LogP contribution in [0.2, 0.25) is 0 Å². The second kappa shape index (κ2) is 9.86. The van der Waals surface area contributed by atoms with Gasteiger partial charge in [0.1, 0.15) is 0 Å². The summed E-state index contributed by atoms with van der Waals surface area (Å²) in [7, 11) is 0. The number of hydrogen-bond donors (Lipinski definition) is 2. The number of halogens is 1. The molecule has 160 valence electrons. The third kappa shape index (κ3) is 5.90. The van der Waals surface area contributed by atoms with Crippen molar-refractivity contribution in [1.29, 1.82) is 0 Å². The van der Waals surface area contributed by atoms with Crippen molar-refractivity contribution in [3.05, 3.63) is 18.2 Å². The van der Waals surface area contributed by atoms with Crippen LogP contribution in [0, 0.1) is 5.92 Å². The monoisotopic (exact) mass is 514 g/mol. The topological polar surface area (TPSA) is 75.2 Å². The average Bonchev–Trinajstić information content (AvgIpc) is 3.42. The van der Waals surface area contributed by atoms with Crippen molar-refractivity contribution < 1.29 is 14.3 Å². The summed E-state index contributed by atoms with van der Waals surface area (Å²) in [5.74, 6) is 3.18. The first-order valence-electron chi connectivity index (χ1n) is 10.3. The first-order chi connectivity index (χ1) is 13.6. The molecule has 2 heterocycles. The van der Waals surface area contributed by atoms with Crippen LogP contribution in [0.5, 0.6) is 11.5 Å². The number of fused-ring (bicyclic) bond motifs is 1. The van der Waals surface area contributed by atoms with Crippen molar-refractivity contribution in [2.45, 2.75) is 51.6 Å². The van der Waals surface area contributed by atoms with Crippen molar-refractivity contribution in [2.24, 2.45) is 10.9 Å². The number of anilines is 1. The second-order valence-corrected chi connectivity index (χ2v) is 8.02. The van der Waals surface area contributed by atoms with E-state index in [0.717, 1.165) is 61.9 Å². The molecule has 7 nitrogen and oxygen atoms in total. The minimum Gasteiger partial charge on any atom is -0.490 e. The maximum Gasteiger partial charge on any atom is 0.219 e. The number of guanidine groups is 1. The maximum absolute atomic E-state index is 11.5. The van der Waals surface area contributed by atoms with Crippen LogP contribution >= 0.6 is 24.0 Å². The summed E-state index contributed by atoms with van der Waals surface area (Å²) >= 11 is 0. The quantitative estimate of drug-likeness (QED) is 0.368. The lowest BCUT2D eigenvalue weighted by Gasteiger charge is -2.32. The Hall–Kier alpha value is -1.71. The zero-order chi connectivity index (χ0) is 19.5. The molecule has 2 aliphatic heterocycles. The van der Waals surface area contributed by atoms with Crippen LogP contribution in [-0.4, -0.2) is 55.2 Å². The molecule has 1 aromatic rings. The molecule has 29 heavy (non-hydrogen) atoms. The molecular formula is C21H31IN4O3. The number of hydrogen-bond acceptors (Lipinski definition) is 4. The average molecular weight is 514 g/mol. The summed E-state index contributed by atoms with van der Waals surface area (Å²) in [5.41, 5.74) is 0.935. The van der Waals surface area contributed by atoms with Gasteiger partial charge in [0.05, 0.1) is 19.3 Å². The molecule has 1 saturated heterocycles. The first kappa shape index (κ1) is 22.0. The number of likely N-dealkylation sites (tertiary alicyclic amines) is 1. The molecule has 1 saturated carbocycles. The lowest BCUT2D eigenvalue weighted by atomic mass is 10.1. The number of benzene rings is 1. The van der Waals surface area contributed by atoms with E-state index in [1.54, 1.807) is 6.92 Å². The van der Waals surface area contributed by atoms with Crippen molar-refractivity contribution >= 4 is 41.5 Å². The smallest absolute Gasteiger partial charge is 0.219 e. The Morgan fingerprint density at radius 1 is 1.17 bits per heavy atom. The number of ether oxygens (including phenoxy) is 2. The van der Waals surface area contributed by atoms with E-state index in [-0.39, 0.29) is 29.9 Å². The summed E-state index contributed by atoms with van der Waals surface area (Å²) in [5, 5.41) is 7.02. The predicted molar refractivity (Wildman–Crippen MR) is 125 cm³/mol. The third-order valence-electron chi connectivity index (χ3n) is 5.65. The van der Waals surface area contributed by atoms with Gasteiger partial charge in [-0.15, -0.1) is 24.0 Å². The minimum atomic E-state index is 0. The Labute approximate surface area is 189 Å². The third-order valence-corrected chi connectivity index (χ3v) is 5.65. The summed E-state index contributed by atoms with van der Waals surface area (Å²) in [6, 6.07) is 6.63. The molecule has 8 heteroatoms. The molecule has 2 atom stereocenters. The number of amides is 1. The van der Waals surface area contributed by atoms with Gasteiger partial charge in [-0.1, -0.05) is 6.92 Å². The number of carbonyl (C=O) groups excluding carboxylic acids is 1. The van der Waals surface area contributed by atoms with Gasteiger partial charge in [-0.2, -0.15) is 0 Å². The fourth-order valence-electron chi connectivity index (χ4n) is 3.66. The van der Waals surface area contributed by atoms with Gasteiger partial charge in [0.15, 0.2) is 17.5 Å².